The largest absolute Gasteiger partial charge is 0.476 e. The lowest BCUT2D eigenvalue weighted by molar-refractivity contribution is -0.281. The molecule has 20 heavy (non-hydrogen) atoms. The first kappa shape index (κ1) is 16.2. The van der Waals surface area contributed by atoms with Crippen LogP contribution in [0, 0.1) is 0 Å². The summed E-state index contributed by atoms with van der Waals surface area (Å²) in [6, 6.07) is 0. The van der Waals surface area contributed by atoms with Crippen molar-refractivity contribution in [1.82, 2.24) is 10.2 Å². The summed E-state index contributed by atoms with van der Waals surface area (Å²) in [6.45, 7) is 0. The Labute approximate surface area is 104 Å². The Balaban J connectivity index is 3.31. The molecule has 1 heterocycles. The fourth-order valence-corrected chi connectivity index (χ4v) is 1.29. The predicted molar refractivity (Wildman–Crippen MR) is 45.3 cm³/mol. The van der Waals surface area contributed by atoms with Crippen molar-refractivity contribution in [2.75, 3.05) is 0 Å². The zero-order valence-electron chi connectivity index (χ0n) is 9.03. The summed E-state index contributed by atoms with van der Waals surface area (Å²) in [5.74, 6) is -7.68. The third kappa shape index (κ3) is 2.99. The van der Waals surface area contributed by atoms with Gasteiger partial charge in [0.05, 0.1) is 12.1 Å². The fourth-order valence-electron chi connectivity index (χ4n) is 1.29. The minimum atomic E-state index is -6.08. The van der Waals surface area contributed by atoms with Crippen LogP contribution in [0.3, 0.4) is 0 Å². The van der Waals surface area contributed by atoms with Gasteiger partial charge in [-0.2, -0.15) is 40.2 Å². The van der Waals surface area contributed by atoms with Crippen LogP contribution in [0.5, 0.6) is 0 Å². The van der Waals surface area contributed by atoms with Gasteiger partial charge in [0.2, 0.25) is 0 Å². The molecule has 0 fully saturated rings. The smallest absolute Gasteiger partial charge is 0.453 e. The van der Waals surface area contributed by atoms with Crippen LogP contribution >= 0.6 is 0 Å². The summed E-state index contributed by atoms with van der Waals surface area (Å²) in [5, 5.41) is 12.3. The highest BCUT2D eigenvalue weighted by atomic mass is 19.4. The molecule has 0 amide bonds. The summed E-state index contributed by atoms with van der Waals surface area (Å²) in [4.78, 5) is 10.5. The zero-order chi connectivity index (χ0) is 15.9. The number of aromatic nitrogens is 2. The van der Waals surface area contributed by atoms with Crippen molar-refractivity contribution in [3.05, 3.63) is 17.0 Å². The first-order chi connectivity index (χ1) is 8.77. The van der Waals surface area contributed by atoms with Gasteiger partial charge in [-0.15, -0.1) is 0 Å². The van der Waals surface area contributed by atoms with E-state index < -0.39 is 47.6 Å². The molecule has 114 valence electrons. The Bertz CT molecular complexity index is 516. The van der Waals surface area contributed by atoms with Crippen molar-refractivity contribution in [3.8, 4) is 0 Å². The van der Waals surface area contributed by atoms with Gasteiger partial charge in [-0.05, 0) is 0 Å². The van der Waals surface area contributed by atoms with Gasteiger partial charge >= 0.3 is 24.2 Å². The van der Waals surface area contributed by atoms with E-state index in [1.54, 1.807) is 0 Å². The lowest BCUT2D eigenvalue weighted by Crippen LogP contribution is -2.39. The molecule has 0 saturated heterocycles. The second-order valence-corrected chi connectivity index (χ2v) is 3.61. The first-order valence-corrected chi connectivity index (χ1v) is 4.59. The molecule has 1 aromatic rings. The van der Waals surface area contributed by atoms with Crippen LogP contribution in [0.25, 0.3) is 0 Å². The lowest BCUT2D eigenvalue weighted by atomic mass is 10.1. The number of halogens is 8. The van der Waals surface area contributed by atoms with Gasteiger partial charge in [-0.3, -0.25) is 5.10 Å². The molecule has 0 atom stereocenters. The third-order valence-corrected chi connectivity index (χ3v) is 2.14. The fraction of sp³-hybridized carbons (Fsp3) is 0.500. The van der Waals surface area contributed by atoms with E-state index in [1.165, 1.54) is 5.10 Å². The molecular weight excluding hydrogens is 308 g/mol. The highest BCUT2D eigenvalue weighted by molar-refractivity contribution is 5.87. The molecule has 0 radical (unpaired) electrons. The van der Waals surface area contributed by atoms with Crippen molar-refractivity contribution in [2.24, 2.45) is 0 Å². The molecule has 12 heteroatoms. The molecule has 1 aromatic heterocycles. The summed E-state index contributed by atoms with van der Waals surface area (Å²) in [5.41, 5.74) is -5.49. The summed E-state index contributed by atoms with van der Waals surface area (Å²) in [7, 11) is 0. The van der Waals surface area contributed by atoms with Crippen LogP contribution in [0.4, 0.5) is 35.1 Å². The van der Waals surface area contributed by atoms with Crippen molar-refractivity contribution in [3.63, 3.8) is 0 Å². The van der Waals surface area contributed by atoms with E-state index >= 15 is 0 Å². The summed E-state index contributed by atoms with van der Waals surface area (Å²) < 4.78 is 98.8. The zero-order valence-corrected chi connectivity index (χ0v) is 9.03. The molecule has 0 aliphatic carbocycles. The highest BCUT2D eigenvalue weighted by Gasteiger charge is 2.58. The van der Waals surface area contributed by atoms with Crippen molar-refractivity contribution < 1.29 is 45.0 Å². The summed E-state index contributed by atoms with van der Waals surface area (Å²) >= 11 is 0. The van der Waals surface area contributed by atoms with Crippen LogP contribution in [0.15, 0.2) is 0 Å². The van der Waals surface area contributed by atoms with Gasteiger partial charge in [0.25, 0.3) is 0 Å². The first-order valence-electron chi connectivity index (χ1n) is 4.59. The van der Waals surface area contributed by atoms with Gasteiger partial charge in [-0.1, -0.05) is 0 Å². The average Bonchev–Trinajstić information content (AvgIpc) is 2.57. The van der Waals surface area contributed by atoms with Gasteiger partial charge in [0.15, 0.2) is 5.69 Å². The normalized spacial score (nSPS) is 13.6. The second kappa shape index (κ2) is 4.59. The number of carboxylic acid groups (broad SMARTS) is 1. The maximum Gasteiger partial charge on any atom is 0.453 e. The predicted octanol–water partition coefficient (Wildman–Crippen LogP) is 2.87. The number of alkyl halides is 8. The highest BCUT2D eigenvalue weighted by Crippen LogP contribution is 2.41. The van der Waals surface area contributed by atoms with Crippen molar-refractivity contribution in [1.29, 1.82) is 0 Å². The molecule has 0 aromatic carbocycles. The lowest BCUT2D eigenvalue weighted by Gasteiger charge is -2.19. The number of carbonyl (C=O) groups is 1. The number of hydrogen-bond donors (Lipinski definition) is 2. The maximum absolute atomic E-state index is 12.7. The van der Waals surface area contributed by atoms with Crippen LogP contribution in [0.2, 0.25) is 0 Å². The molecular formula is C8H4F8N2O2. The number of H-pyrrole nitrogens is 1. The van der Waals surface area contributed by atoms with Gasteiger partial charge in [0, 0.05) is 0 Å². The van der Waals surface area contributed by atoms with Gasteiger partial charge in [-0.25, -0.2) is 4.79 Å². The molecule has 0 unspecified atom stereocenters. The Kier molecular flexibility index (Phi) is 3.72. The van der Waals surface area contributed by atoms with E-state index in [0.717, 1.165) is 0 Å². The minimum Gasteiger partial charge on any atom is -0.476 e. The van der Waals surface area contributed by atoms with E-state index in [0.29, 0.717) is 0 Å². The molecule has 4 nitrogen and oxygen atoms in total. The number of nitrogens with one attached hydrogen (secondary N) is 1. The maximum atomic E-state index is 12.7. The number of carboxylic acids is 1. The topological polar surface area (TPSA) is 66.0 Å². The molecule has 0 saturated carbocycles. The Morgan fingerprint density at radius 2 is 1.60 bits per heavy atom. The van der Waals surface area contributed by atoms with Crippen molar-refractivity contribution in [2.45, 2.75) is 24.7 Å². The van der Waals surface area contributed by atoms with Crippen molar-refractivity contribution >= 4 is 5.97 Å². The van der Waals surface area contributed by atoms with Crippen LogP contribution in [0.1, 0.15) is 21.7 Å². The number of hydrogen-bond acceptors (Lipinski definition) is 2. The number of aromatic carboxylic acids is 1. The van der Waals surface area contributed by atoms with E-state index in [2.05, 4.69) is 5.10 Å². The molecule has 0 aliphatic heterocycles. The quantitative estimate of drug-likeness (QED) is 0.844. The van der Waals surface area contributed by atoms with Crippen LogP contribution in [-0.2, 0) is 12.6 Å². The third-order valence-electron chi connectivity index (χ3n) is 2.14. The van der Waals surface area contributed by atoms with E-state index in [4.69, 9.17) is 5.11 Å². The van der Waals surface area contributed by atoms with Gasteiger partial charge < -0.3 is 5.11 Å². The van der Waals surface area contributed by atoms with E-state index in [-0.39, 0.29) is 0 Å². The molecule has 0 bridgehead atoms. The number of aromatic amines is 1. The van der Waals surface area contributed by atoms with Crippen LogP contribution < -0.4 is 0 Å². The van der Waals surface area contributed by atoms with Crippen LogP contribution in [-0.4, -0.2) is 33.4 Å². The SMILES string of the molecule is O=C(O)c1n[nH]c(CC(F)(F)C(F)(F)F)c1C(F)(F)F. The van der Waals surface area contributed by atoms with E-state index in [1.807, 2.05) is 0 Å². The average molecular weight is 312 g/mol. The molecule has 1 rings (SSSR count). The van der Waals surface area contributed by atoms with Gasteiger partial charge in [0.1, 0.15) is 5.56 Å². The Morgan fingerprint density at radius 1 is 1.10 bits per heavy atom. The monoisotopic (exact) mass is 312 g/mol. The number of nitrogens with zero attached hydrogens (tertiary/aromatic N) is 1. The molecule has 0 spiro atoms. The standard InChI is InChI=1S/C8H4F8N2O2/c9-6(10,8(14,15)16)1-2-3(7(11,12)13)4(5(19)20)18-17-2/h1H2,(H,17,18)(H,19,20). The molecule has 0 aliphatic rings. The Hall–Kier alpha value is -1.88. The second-order valence-electron chi connectivity index (χ2n) is 3.61. The molecule has 2 N–H and O–H groups in total. The minimum absolute atomic E-state index is 1.26. The summed E-state index contributed by atoms with van der Waals surface area (Å²) in [6.07, 6.45) is -13.9. The van der Waals surface area contributed by atoms with E-state index in [9.17, 15) is 39.9 Å². The number of rotatable bonds is 3. The Morgan fingerprint density at radius 3 is 1.95 bits per heavy atom.